The Labute approximate surface area is 81.4 Å². The SMILES string of the molecule is C=C(C)C(NN)c1ccc(F)c(F)c1. The van der Waals surface area contributed by atoms with Gasteiger partial charge in [0.05, 0.1) is 6.04 Å². The molecule has 0 saturated carbocycles. The van der Waals surface area contributed by atoms with Gasteiger partial charge in [0.15, 0.2) is 11.6 Å². The predicted molar refractivity (Wildman–Crippen MR) is 51.2 cm³/mol. The third-order valence-electron chi connectivity index (χ3n) is 1.94. The van der Waals surface area contributed by atoms with Gasteiger partial charge in [0.25, 0.3) is 0 Å². The number of halogens is 2. The van der Waals surface area contributed by atoms with Crippen molar-refractivity contribution in [2.24, 2.45) is 5.84 Å². The lowest BCUT2D eigenvalue weighted by molar-refractivity contribution is 0.503. The lowest BCUT2D eigenvalue weighted by atomic mass is 10.0. The van der Waals surface area contributed by atoms with Crippen molar-refractivity contribution in [1.82, 2.24) is 5.43 Å². The van der Waals surface area contributed by atoms with Gasteiger partial charge in [-0.05, 0) is 24.6 Å². The summed E-state index contributed by atoms with van der Waals surface area (Å²) in [4.78, 5) is 0. The Hall–Kier alpha value is -1.26. The van der Waals surface area contributed by atoms with Crippen LogP contribution in [0.1, 0.15) is 18.5 Å². The number of rotatable bonds is 3. The average molecular weight is 198 g/mol. The predicted octanol–water partition coefficient (Wildman–Crippen LogP) is 2.05. The number of nitrogens with one attached hydrogen (secondary N) is 1. The second kappa shape index (κ2) is 4.30. The van der Waals surface area contributed by atoms with E-state index in [9.17, 15) is 8.78 Å². The number of nitrogens with two attached hydrogens (primary N) is 1. The molecule has 0 fully saturated rings. The first-order valence-corrected chi connectivity index (χ1v) is 4.12. The number of hydrogen-bond acceptors (Lipinski definition) is 2. The molecular formula is C10H12F2N2. The first kappa shape index (κ1) is 10.8. The number of benzene rings is 1. The Kier molecular flexibility index (Phi) is 3.33. The smallest absolute Gasteiger partial charge is 0.159 e. The van der Waals surface area contributed by atoms with Crippen LogP contribution in [-0.2, 0) is 0 Å². The van der Waals surface area contributed by atoms with Gasteiger partial charge in [-0.2, -0.15) is 0 Å². The first-order valence-electron chi connectivity index (χ1n) is 4.12. The van der Waals surface area contributed by atoms with Crippen molar-refractivity contribution in [3.63, 3.8) is 0 Å². The van der Waals surface area contributed by atoms with Gasteiger partial charge >= 0.3 is 0 Å². The molecule has 0 heterocycles. The fraction of sp³-hybridized carbons (Fsp3) is 0.200. The molecule has 2 nitrogen and oxygen atoms in total. The maximum Gasteiger partial charge on any atom is 0.159 e. The molecule has 0 amide bonds. The lowest BCUT2D eigenvalue weighted by Gasteiger charge is -2.16. The molecular weight excluding hydrogens is 186 g/mol. The number of hydrogen-bond donors (Lipinski definition) is 2. The molecule has 0 saturated heterocycles. The summed E-state index contributed by atoms with van der Waals surface area (Å²) >= 11 is 0. The zero-order valence-corrected chi connectivity index (χ0v) is 7.85. The van der Waals surface area contributed by atoms with Crippen LogP contribution in [0.5, 0.6) is 0 Å². The van der Waals surface area contributed by atoms with Crippen molar-refractivity contribution in [3.05, 3.63) is 47.5 Å². The van der Waals surface area contributed by atoms with E-state index >= 15 is 0 Å². The third-order valence-corrected chi connectivity index (χ3v) is 1.94. The lowest BCUT2D eigenvalue weighted by Crippen LogP contribution is -2.28. The molecule has 1 aromatic carbocycles. The van der Waals surface area contributed by atoms with E-state index in [2.05, 4.69) is 12.0 Å². The Bertz CT molecular complexity index is 350. The molecule has 3 N–H and O–H groups in total. The maximum absolute atomic E-state index is 12.9. The fourth-order valence-corrected chi connectivity index (χ4v) is 1.21. The Balaban J connectivity index is 3.06. The van der Waals surface area contributed by atoms with Gasteiger partial charge in [0, 0.05) is 0 Å². The van der Waals surface area contributed by atoms with Crippen molar-refractivity contribution < 1.29 is 8.78 Å². The monoisotopic (exact) mass is 198 g/mol. The van der Waals surface area contributed by atoms with Gasteiger partial charge in [-0.3, -0.25) is 5.84 Å². The largest absolute Gasteiger partial charge is 0.271 e. The molecule has 0 bridgehead atoms. The molecule has 1 aromatic rings. The summed E-state index contributed by atoms with van der Waals surface area (Å²) in [5, 5.41) is 0. The van der Waals surface area contributed by atoms with Gasteiger partial charge < -0.3 is 0 Å². The van der Waals surface area contributed by atoms with E-state index in [1.54, 1.807) is 6.92 Å². The summed E-state index contributed by atoms with van der Waals surface area (Å²) in [7, 11) is 0. The molecule has 0 aliphatic heterocycles. The summed E-state index contributed by atoms with van der Waals surface area (Å²) in [6, 6.07) is 3.29. The Morgan fingerprint density at radius 2 is 2.07 bits per heavy atom. The van der Waals surface area contributed by atoms with E-state index in [0.717, 1.165) is 17.7 Å². The van der Waals surface area contributed by atoms with E-state index in [4.69, 9.17) is 5.84 Å². The van der Waals surface area contributed by atoms with Crippen LogP contribution < -0.4 is 11.3 Å². The van der Waals surface area contributed by atoms with Gasteiger partial charge in [-0.1, -0.05) is 18.2 Å². The Morgan fingerprint density at radius 3 is 2.50 bits per heavy atom. The molecule has 0 aromatic heterocycles. The maximum atomic E-state index is 12.9. The molecule has 1 atom stereocenters. The van der Waals surface area contributed by atoms with Crippen LogP contribution in [0.3, 0.4) is 0 Å². The van der Waals surface area contributed by atoms with Gasteiger partial charge in [-0.25, -0.2) is 14.2 Å². The molecule has 76 valence electrons. The molecule has 1 rings (SSSR count). The molecule has 0 radical (unpaired) electrons. The second-order valence-electron chi connectivity index (χ2n) is 3.12. The molecule has 1 unspecified atom stereocenters. The molecule has 0 spiro atoms. The number of hydrazine groups is 1. The molecule has 4 heteroatoms. The molecule has 0 aliphatic rings. The summed E-state index contributed by atoms with van der Waals surface area (Å²) in [5.74, 6) is 3.51. The van der Waals surface area contributed by atoms with Crippen LogP contribution in [0.4, 0.5) is 8.78 Å². The van der Waals surface area contributed by atoms with Crippen molar-refractivity contribution in [2.45, 2.75) is 13.0 Å². The van der Waals surface area contributed by atoms with Gasteiger partial charge in [0.2, 0.25) is 0 Å². The fourth-order valence-electron chi connectivity index (χ4n) is 1.21. The first-order chi connectivity index (χ1) is 6.56. The van der Waals surface area contributed by atoms with Crippen LogP contribution in [0.2, 0.25) is 0 Å². The zero-order chi connectivity index (χ0) is 10.7. The normalized spacial score (nSPS) is 12.6. The summed E-state index contributed by atoms with van der Waals surface area (Å²) in [6.07, 6.45) is 0. The van der Waals surface area contributed by atoms with Crippen LogP contribution >= 0.6 is 0 Å². The average Bonchev–Trinajstić information content (AvgIpc) is 2.11. The van der Waals surface area contributed by atoms with E-state index in [0.29, 0.717) is 5.56 Å². The zero-order valence-electron chi connectivity index (χ0n) is 7.85. The van der Waals surface area contributed by atoms with Gasteiger partial charge in [-0.15, -0.1) is 0 Å². The highest BCUT2D eigenvalue weighted by Gasteiger charge is 2.12. The van der Waals surface area contributed by atoms with Crippen molar-refractivity contribution in [1.29, 1.82) is 0 Å². The molecule has 0 aliphatic carbocycles. The van der Waals surface area contributed by atoms with Crippen LogP contribution in [0.25, 0.3) is 0 Å². The highest BCUT2D eigenvalue weighted by Crippen LogP contribution is 2.20. The standard InChI is InChI=1S/C10H12F2N2/c1-6(2)10(14-13)7-3-4-8(11)9(12)5-7/h3-5,10,14H,1,13H2,2H3. The summed E-state index contributed by atoms with van der Waals surface area (Å²) < 4.78 is 25.5. The van der Waals surface area contributed by atoms with Crippen LogP contribution in [0.15, 0.2) is 30.4 Å². The summed E-state index contributed by atoms with van der Waals surface area (Å²) in [5.41, 5.74) is 3.77. The van der Waals surface area contributed by atoms with Crippen molar-refractivity contribution >= 4 is 0 Å². The molecule has 14 heavy (non-hydrogen) atoms. The van der Waals surface area contributed by atoms with Crippen LogP contribution in [0, 0.1) is 11.6 Å². The minimum atomic E-state index is -0.885. The van der Waals surface area contributed by atoms with Crippen LogP contribution in [-0.4, -0.2) is 0 Å². The third kappa shape index (κ3) is 2.16. The van der Waals surface area contributed by atoms with Gasteiger partial charge in [0.1, 0.15) is 0 Å². The summed E-state index contributed by atoms with van der Waals surface area (Å²) in [6.45, 7) is 5.45. The minimum absolute atomic E-state index is 0.356. The Morgan fingerprint density at radius 1 is 1.43 bits per heavy atom. The van der Waals surface area contributed by atoms with E-state index in [1.165, 1.54) is 6.07 Å². The highest BCUT2D eigenvalue weighted by molar-refractivity contribution is 5.27. The van der Waals surface area contributed by atoms with Crippen molar-refractivity contribution in [2.75, 3.05) is 0 Å². The van der Waals surface area contributed by atoms with E-state index < -0.39 is 11.6 Å². The van der Waals surface area contributed by atoms with E-state index in [1.807, 2.05) is 0 Å². The quantitative estimate of drug-likeness (QED) is 0.443. The van der Waals surface area contributed by atoms with E-state index in [-0.39, 0.29) is 6.04 Å². The topological polar surface area (TPSA) is 38.0 Å². The second-order valence-corrected chi connectivity index (χ2v) is 3.12. The van der Waals surface area contributed by atoms with Crippen molar-refractivity contribution in [3.8, 4) is 0 Å². The highest BCUT2D eigenvalue weighted by atomic mass is 19.2. The minimum Gasteiger partial charge on any atom is -0.271 e.